The van der Waals surface area contributed by atoms with Gasteiger partial charge in [0.05, 0.1) is 11.4 Å². The molecule has 0 aliphatic heterocycles. The second kappa shape index (κ2) is 6.24. The van der Waals surface area contributed by atoms with Gasteiger partial charge in [-0.3, -0.25) is 4.79 Å². The third-order valence-electron chi connectivity index (χ3n) is 2.31. The molecule has 0 radical (unpaired) electrons. The highest BCUT2D eigenvalue weighted by Crippen LogP contribution is 2.25. The third-order valence-corrected chi connectivity index (χ3v) is 4.43. The second-order valence-electron chi connectivity index (χ2n) is 5.83. The summed E-state index contributed by atoms with van der Waals surface area (Å²) >= 11 is 5.13. The molecule has 0 aliphatic carbocycles. The van der Waals surface area contributed by atoms with E-state index in [0.29, 0.717) is 10.4 Å². The second-order valence-corrected chi connectivity index (χ2v) is 7.66. The van der Waals surface area contributed by atoms with Crippen molar-refractivity contribution >= 4 is 27.7 Å². The van der Waals surface area contributed by atoms with E-state index in [1.54, 1.807) is 11.8 Å². The van der Waals surface area contributed by atoms with Gasteiger partial charge in [-0.25, -0.2) is 4.98 Å². The summed E-state index contributed by atoms with van der Waals surface area (Å²) in [4.78, 5) is 19.3. The zero-order valence-corrected chi connectivity index (χ0v) is 14.0. The molecule has 0 saturated carbocycles. The molecule has 0 spiro atoms. The maximum absolute atomic E-state index is 11.9. The molecule has 1 rings (SSSR count). The van der Waals surface area contributed by atoms with Crippen LogP contribution in [0.4, 0.5) is 0 Å². The van der Waals surface area contributed by atoms with Crippen molar-refractivity contribution in [3.05, 3.63) is 26.3 Å². The Hall–Kier alpha value is -0.290. The number of rotatable bonds is 4. The molecule has 1 heterocycles. The number of thioether (sulfide) groups is 1. The fourth-order valence-corrected chi connectivity index (χ4v) is 3.16. The number of nitrogens with one attached hydrogen (secondary N) is 1. The average molecular weight is 333 g/mol. The summed E-state index contributed by atoms with van der Waals surface area (Å²) < 4.78 is 0.549. The molecule has 0 fully saturated rings. The fourth-order valence-electron chi connectivity index (χ4n) is 1.46. The van der Waals surface area contributed by atoms with Crippen molar-refractivity contribution < 1.29 is 0 Å². The van der Waals surface area contributed by atoms with Gasteiger partial charge in [0.2, 0.25) is 0 Å². The maximum atomic E-state index is 11.9. The topological polar surface area (TPSA) is 45.8 Å². The number of aromatic amines is 1. The van der Waals surface area contributed by atoms with Crippen LogP contribution in [0.15, 0.2) is 9.27 Å². The monoisotopic (exact) mass is 332 g/mol. The SMILES string of the molecule is CC(C)CSCc1nc(C(C)(C)C)c(Br)c(=O)[nH]1. The summed E-state index contributed by atoms with van der Waals surface area (Å²) in [7, 11) is 0. The molecule has 0 unspecified atom stereocenters. The highest BCUT2D eigenvalue weighted by atomic mass is 79.9. The summed E-state index contributed by atoms with van der Waals surface area (Å²) in [5.41, 5.74) is 0.603. The minimum Gasteiger partial charge on any atom is -0.309 e. The van der Waals surface area contributed by atoms with Gasteiger partial charge in [-0.1, -0.05) is 34.6 Å². The Balaban J connectivity index is 2.95. The van der Waals surface area contributed by atoms with Crippen molar-refractivity contribution in [1.29, 1.82) is 0 Å². The lowest BCUT2D eigenvalue weighted by Crippen LogP contribution is -2.23. The van der Waals surface area contributed by atoms with Crippen molar-refractivity contribution in [2.75, 3.05) is 5.75 Å². The molecular weight excluding hydrogens is 312 g/mol. The molecule has 0 atom stereocenters. The summed E-state index contributed by atoms with van der Waals surface area (Å²) in [6, 6.07) is 0. The molecule has 0 amide bonds. The number of H-pyrrole nitrogens is 1. The Kier molecular flexibility index (Phi) is 5.46. The Labute approximate surface area is 121 Å². The van der Waals surface area contributed by atoms with Crippen LogP contribution in [0.25, 0.3) is 0 Å². The van der Waals surface area contributed by atoms with E-state index in [1.807, 2.05) is 0 Å². The molecule has 5 heteroatoms. The molecule has 1 aromatic rings. The molecule has 102 valence electrons. The van der Waals surface area contributed by atoms with E-state index in [1.165, 1.54) is 0 Å². The van der Waals surface area contributed by atoms with Gasteiger partial charge < -0.3 is 4.98 Å². The summed E-state index contributed by atoms with van der Waals surface area (Å²) in [6.07, 6.45) is 0. The quantitative estimate of drug-likeness (QED) is 0.913. The molecule has 1 aromatic heterocycles. The number of hydrogen-bond acceptors (Lipinski definition) is 3. The van der Waals surface area contributed by atoms with E-state index in [9.17, 15) is 4.79 Å². The van der Waals surface area contributed by atoms with Crippen LogP contribution in [0.3, 0.4) is 0 Å². The van der Waals surface area contributed by atoms with Crippen molar-refractivity contribution in [2.24, 2.45) is 5.92 Å². The predicted octanol–water partition coefficient (Wildman–Crippen LogP) is 3.72. The van der Waals surface area contributed by atoms with Crippen molar-refractivity contribution in [3.8, 4) is 0 Å². The van der Waals surface area contributed by atoms with Gasteiger partial charge in [-0.2, -0.15) is 11.8 Å². The average Bonchev–Trinajstić information content (AvgIpc) is 2.20. The Morgan fingerprint density at radius 1 is 1.39 bits per heavy atom. The van der Waals surface area contributed by atoms with Crippen LogP contribution in [0.2, 0.25) is 0 Å². The summed E-state index contributed by atoms with van der Waals surface area (Å²) in [5.74, 6) is 3.24. The Bertz CT molecular complexity index is 463. The largest absolute Gasteiger partial charge is 0.309 e. The third kappa shape index (κ3) is 4.43. The Morgan fingerprint density at radius 2 is 2.00 bits per heavy atom. The highest BCUT2D eigenvalue weighted by molar-refractivity contribution is 9.10. The molecule has 0 aromatic carbocycles. The highest BCUT2D eigenvalue weighted by Gasteiger charge is 2.21. The van der Waals surface area contributed by atoms with Gasteiger partial charge in [-0.05, 0) is 27.6 Å². The molecule has 0 bridgehead atoms. The minimum atomic E-state index is -0.134. The van der Waals surface area contributed by atoms with Crippen LogP contribution in [0.5, 0.6) is 0 Å². The first-order chi connectivity index (χ1) is 8.21. The van der Waals surface area contributed by atoms with Gasteiger partial charge in [0.1, 0.15) is 10.3 Å². The normalized spacial score (nSPS) is 12.2. The Morgan fingerprint density at radius 3 is 2.50 bits per heavy atom. The first kappa shape index (κ1) is 15.8. The van der Waals surface area contributed by atoms with Crippen molar-refractivity contribution in [3.63, 3.8) is 0 Å². The minimum absolute atomic E-state index is 0.0879. The zero-order chi connectivity index (χ0) is 13.9. The van der Waals surface area contributed by atoms with E-state index in [0.717, 1.165) is 23.0 Å². The number of hydrogen-bond donors (Lipinski definition) is 1. The van der Waals surface area contributed by atoms with Gasteiger partial charge in [0, 0.05) is 5.41 Å². The van der Waals surface area contributed by atoms with E-state index in [2.05, 4.69) is 60.5 Å². The lowest BCUT2D eigenvalue weighted by atomic mass is 9.92. The molecule has 18 heavy (non-hydrogen) atoms. The number of halogens is 1. The smallest absolute Gasteiger partial charge is 0.265 e. The molecule has 1 N–H and O–H groups in total. The van der Waals surface area contributed by atoms with Gasteiger partial charge in [0.15, 0.2) is 0 Å². The van der Waals surface area contributed by atoms with E-state index in [4.69, 9.17) is 0 Å². The molecule has 0 saturated heterocycles. The van der Waals surface area contributed by atoms with Crippen LogP contribution >= 0.6 is 27.7 Å². The standard InChI is InChI=1S/C13H21BrN2OS/c1-8(2)6-18-7-9-15-11(13(3,4)5)10(14)12(17)16-9/h8H,6-7H2,1-5H3,(H,15,16,17). The maximum Gasteiger partial charge on any atom is 0.265 e. The summed E-state index contributed by atoms with van der Waals surface area (Å²) in [5, 5.41) is 0. The first-order valence-electron chi connectivity index (χ1n) is 6.08. The molecule has 0 aliphatic rings. The van der Waals surface area contributed by atoms with Crippen LogP contribution in [-0.2, 0) is 11.2 Å². The predicted molar refractivity (Wildman–Crippen MR) is 82.3 cm³/mol. The lowest BCUT2D eigenvalue weighted by molar-refractivity contribution is 0.558. The lowest BCUT2D eigenvalue weighted by Gasteiger charge is -2.19. The fraction of sp³-hybridized carbons (Fsp3) is 0.692. The van der Waals surface area contributed by atoms with E-state index in [-0.39, 0.29) is 11.0 Å². The van der Waals surface area contributed by atoms with Crippen LogP contribution in [-0.4, -0.2) is 15.7 Å². The molecule has 3 nitrogen and oxygen atoms in total. The van der Waals surface area contributed by atoms with Crippen LogP contribution in [0.1, 0.15) is 46.1 Å². The van der Waals surface area contributed by atoms with Gasteiger partial charge >= 0.3 is 0 Å². The first-order valence-corrected chi connectivity index (χ1v) is 8.03. The van der Waals surface area contributed by atoms with E-state index < -0.39 is 0 Å². The number of nitrogens with zero attached hydrogens (tertiary/aromatic N) is 1. The number of aromatic nitrogens is 2. The summed E-state index contributed by atoms with van der Waals surface area (Å²) in [6.45, 7) is 10.6. The van der Waals surface area contributed by atoms with E-state index >= 15 is 0 Å². The molecular formula is C13H21BrN2OS. The van der Waals surface area contributed by atoms with Crippen LogP contribution < -0.4 is 5.56 Å². The van der Waals surface area contributed by atoms with Gasteiger partial charge in [0.25, 0.3) is 5.56 Å². The van der Waals surface area contributed by atoms with Crippen LogP contribution in [0, 0.1) is 5.92 Å². The van der Waals surface area contributed by atoms with Crippen molar-refractivity contribution in [1.82, 2.24) is 9.97 Å². The van der Waals surface area contributed by atoms with Crippen molar-refractivity contribution in [2.45, 2.75) is 45.8 Å². The zero-order valence-electron chi connectivity index (χ0n) is 11.6. The van der Waals surface area contributed by atoms with Gasteiger partial charge in [-0.15, -0.1) is 0 Å².